The number of thioether (sulfide) groups is 1. The van der Waals surface area contributed by atoms with Gasteiger partial charge in [-0.15, -0.1) is 11.8 Å². The molecular formula is C27H58N2S. The maximum Gasteiger partial charge on any atom is 0.0441 e. The zero-order valence-electron chi connectivity index (χ0n) is 21.3. The topological polar surface area (TPSA) is 15.3 Å². The van der Waals surface area contributed by atoms with E-state index in [1.807, 2.05) is 11.8 Å². The average Bonchev–Trinajstić information content (AvgIpc) is 2.75. The smallest absolute Gasteiger partial charge is 0.0441 e. The number of nitrogens with zero attached hydrogens (tertiary/aromatic N) is 1. The molecule has 0 radical (unpaired) electrons. The molecule has 0 rings (SSSR count). The number of rotatable bonds is 26. The van der Waals surface area contributed by atoms with Crippen molar-refractivity contribution in [1.29, 1.82) is 0 Å². The highest BCUT2D eigenvalue weighted by Crippen LogP contribution is 2.14. The second-order valence-corrected chi connectivity index (χ2v) is 10.1. The third-order valence-corrected chi connectivity index (χ3v) is 6.80. The first-order chi connectivity index (χ1) is 14.8. The molecule has 0 fully saturated rings. The molecule has 2 nitrogen and oxygen atoms in total. The molecule has 0 aliphatic carbocycles. The van der Waals surface area contributed by atoms with E-state index in [0.717, 1.165) is 0 Å². The van der Waals surface area contributed by atoms with Gasteiger partial charge < -0.3 is 5.32 Å². The third-order valence-electron chi connectivity index (χ3n) is 6.17. The van der Waals surface area contributed by atoms with Crippen LogP contribution in [-0.4, -0.2) is 43.2 Å². The zero-order valence-corrected chi connectivity index (χ0v) is 22.1. The van der Waals surface area contributed by atoms with Gasteiger partial charge in [-0.25, -0.2) is 0 Å². The standard InChI is InChI=1S/C27H58N2S/c1-4-6-8-9-10-11-12-13-14-15-16-17-18-19-20-21-25-29(27-30-3)26-22-24-28-23-7-5-2/h28H,4-27H2,1-3H3. The highest BCUT2D eigenvalue weighted by Gasteiger charge is 2.03. The van der Waals surface area contributed by atoms with Crippen molar-refractivity contribution in [2.45, 2.75) is 136 Å². The Morgan fingerprint density at radius 2 is 0.900 bits per heavy atom. The summed E-state index contributed by atoms with van der Waals surface area (Å²) in [6, 6.07) is 0. The molecule has 0 aliphatic heterocycles. The summed E-state index contributed by atoms with van der Waals surface area (Å²) in [6.45, 7) is 9.51. The molecule has 0 aromatic carbocycles. The molecule has 0 unspecified atom stereocenters. The van der Waals surface area contributed by atoms with Crippen molar-refractivity contribution in [3.8, 4) is 0 Å². The van der Waals surface area contributed by atoms with E-state index in [-0.39, 0.29) is 0 Å². The van der Waals surface area contributed by atoms with Gasteiger partial charge in [0.1, 0.15) is 0 Å². The van der Waals surface area contributed by atoms with Crippen LogP contribution in [0.1, 0.15) is 136 Å². The minimum Gasteiger partial charge on any atom is -0.317 e. The second kappa shape index (κ2) is 27.3. The Balaban J connectivity index is 3.31. The SMILES string of the molecule is CCCCCCCCCCCCCCCCCCN(CCCNCCCC)CSC. The van der Waals surface area contributed by atoms with Crippen LogP contribution in [-0.2, 0) is 0 Å². The van der Waals surface area contributed by atoms with Crippen LogP contribution in [0.5, 0.6) is 0 Å². The van der Waals surface area contributed by atoms with Crippen molar-refractivity contribution in [3.05, 3.63) is 0 Å². The summed E-state index contributed by atoms with van der Waals surface area (Å²) < 4.78 is 0. The number of nitrogens with one attached hydrogen (secondary N) is 1. The van der Waals surface area contributed by atoms with Crippen LogP contribution in [0.2, 0.25) is 0 Å². The summed E-state index contributed by atoms with van der Waals surface area (Å²) in [4.78, 5) is 2.66. The van der Waals surface area contributed by atoms with Gasteiger partial charge in [-0.1, -0.05) is 117 Å². The van der Waals surface area contributed by atoms with Crippen LogP contribution in [0.25, 0.3) is 0 Å². The first-order valence-electron chi connectivity index (χ1n) is 13.8. The zero-order chi connectivity index (χ0) is 22.0. The van der Waals surface area contributed by atoms with Crippen molar-refractivity contribution >= 4 is 11.8 Å². The quantitative estimate of drug-likeness (QED) is 0.106. The van der Waals surface area contributed by atoms with Crippen LogP contribution in [0, 0.1) is 0 Å². The van der Waals surface area contributed by atoms with Gasteiger partial charge in [-0.05, 0) is 45.2 Å². The maximum atomic E-state index is 3.57. The molecule has 3 heteroatoms. The van der Waals surface area contributed by atoms with E-state index in [1.165, 1.54) is 154 Å². The van der Waals surface area contributed by atoms with E-state index in [0.29, 0.717) is 0 Å². The van der Waals surface area contributed by atoms with Gasteiger partial charge in [0.25, 0.3) is 0 Å². The average molecular weight is 443 g/mol. The Bertz CT molecular complexity index is 299. The van der Waals surface area contributed by atoms with Crippen molar-refractivity contribution in [2.24, 2.45) is 0 Å². The Hall–Kier alpha value is 0.270. The first-order valence-corrected chi connectivity index (χ1v) is 15.2. The number of hydrogen-bond acceptors (Lipinski definition) is 3. The Morgan fingerprint density at radius 1 is 0.500 bits per heavy atom. The molecule has 0 saturated heterocycles. The van der Waals surface area contributed by atoms with Gasteiger partial charge in [-0.2, -0.15) is 0 Å². The predicted octanol–water partition coefficient (Wildman–Crippen LogP) is 8.65. The Labute approximate surface area is 196 Å². The van der Waals surface area contributed by atoms with Crippen LogP contribution in [0.3, 0.4) is 0 Å². The lowest BCUT2D eigenvalue weighted by atomic mass is 10.0. The normalized spacial score (nSPS) is 11.6. The van der Waals surface area contributed by atoms with Crippen molar-refractivity contribution in [1.82, 2.24) is 10.2 Å². The summed E-state index contributed by atoms with van der Waals surface area (Å²) in [5.74, 6) is 1.20. The number of unbranched alkanes of at least 4 members (excludes halogenated alkanes) is 16. The summed E-state index contributed by atoms with van der Waals surface area (Å²) in [7, 11) is 0. The Morgan fingerprint density at radius 3 is 1.37 bits per heavy atom. The molecule has 0 atom stereocenters. The molecule has 182 valence electrons. The van der Waals surface area contributed by atoms with Gasteiger partial charge in [0.15, 0.2) is 0 Å². The van der Waals surface area contributed by atoms with E-state index >= 15 is 0 Å². The molecule has 0 aliphatic rings. The van der Waals surface area contributed by atoms with Crippen LogP contribution >= 0.6 is 11.8 Å². The lowest BCUT2D eigenvalue weighted by Gasteiger charge is -2.21. The fourth-order valence-electron chi connectivity index (χ4n) is 4.16. The van der Waals surface area contributed by atoms with Crippen LogP contribution in [0.15, 0.2) is 0 Å². The van der Waals surface area contributed by atoms with E-state index in [4.69, 9.17) is 0 Å². The third kappa shape index (κ3) is 24.5. The second-order valence-electron chi connectivity index (χ2n) is 9.30. The predicted molar refractivity (Wildman–Crippen MR) is 142 cm³/mol. The largest absolute Gasteiger partial charge is 0.317 e. The van der Waals surface area contributed by atoms with E-state index in [1.54, 1.807) is 0 Å². The molecule has 0 heterocycles. The molecule has 0 aromatic heterocycles. The Kier molecular flexibility index (Phi) is 27.5. The monoisotopic (exact) mass is 442 g/mol. The van der Waals surface area contributed by atoms with Gasteiger partial charge in [0.05, 0.1) is 0 Å². The summed E-state index contributed by atoms with van der Waals surface area (Å²) in [6.07, 6.45) is 29.4. The summed E-state index contributed by atoms with van der Waals surface area (Å²) >= 11 is 1.98. The van der Waals surface area contributed by atoms with Crippen molar-refractivity contribution in [3.63, 3.8) is 0 Å². The van der Waals surface area contributed by atoms with Gasteiger partial charge >= 0.3 is 0 Å². The lowest BCUT2D eigenvalue weighted by molar-refractivity contribution is 0.305. The molecule has 0 bridgehead atoms. The van der Waals surface area contributed by atoms with E-state index in [9.17, 15) is 0 Å². The van der Waals surface area contributed by atoms with Crippen LogP contribution in [0.4, 0.5) is 0 Å². The van der Waals surface area contributed by atoms with E-state index in [2.05, 4.69) is 30.3 Å². The molecule has 0 amide bonds. The highest BCUT2D eigenvalue weighted by molar-refractivity contribution is 7.98. The molecule has 1 N–H and O–H groups in total. The molecule has 30 heavy (non-hydrogen) atoms. The maximum absolute atomic E-state index is 3.57. The minimum atomic E-state index is 1.18. The minimum absolute atomic E-state index is 1.18. The van der Waals surface area contributed by atoms with Gasteiger partial charge in [-0.3, -0.25) is 4.90 Å². The molecule has 0 aromatic rings. The van der Waals surface area contributed by atoms with E-state index < -0.39 is 0 Å². The molecule has 0 spiro atoms. The first kappa shape index (κ1) is 30.3. The van der Waals surface area contributed by atoms with Crippen molar-refractivity contribution in [2.75, 3.05) is 38.3 Å². The fourth-order valence-corrected chi connectivity index (χ4v) is 4.78. The highest BCUT2D eigenvalue weighted by atomic mass is 32.2. The molecular weight excluding hydrogens is 384 g/mol. The van der Waals surface area contributed by atoms with Gasteiger partial charge in [0, 0.05) is 12.4 Å². The summed E-state index contributed by atoms with van der Waals surface area (Å²) in [5.41, 5.74) is 0. The molecule has 0 saturated carbocycles. The lowest BCUT2D eigenvalue weighted by Crippen LogP contribution is -2.28. The van der Waals surface area contributed by atoms with Gasteiger partial charge in [0.2, 0.25) is 0 Å². The summed E-state index contributed by atoms with van der Waals surface area (Å²) in [5, 5.41) is 3.57. The fraction of sp³-hybridized carbons (Fsp3) is 1.00. The van der Waals surface area contributed by atoms with Crippen molar-refractivity contribution < 1.29 is 0 Å². The number of hydrogen-bond donors (Lipinski definition) is 1. The van der Waals surface area contributed by atoms with Crippen LogP contribution < -0.4 is 5.32 Å².